The summed E-state index contributed by atoms with van der Waals surface area (Å²) in [5, 5.41) is 16.6. The van der Waals surface area contributed by atoms with Crippen molar-refractivity contribution in [1.29, 1.82) is 0 Å². The minimum absolute atomic E-state index is 0. The van der Waals surface area contributed by atoms with Crippen LogP contribution in [-0.4, -0.2) is 27.9 Å². The molecule has 0 aromatic rings. The smallest absolute Gasteiger partial charge is 0.325 e. The van der Waals surface area contributed by atoms with Gasteiger partial charge in [-0.15, -0.1) is 0 Å². The third-order valence-corrected chi connectivity index (χ3v) is 1.81. The van der Waals surface area contributed by atoms with Crippen molar-refractivity contribution in [2.45, 2.75) is 41.5 Å². The Morgan fingerprint density at radius 2 is 1.25 bits per heavy atom. The van der Waals surface area contributed by atoms with Crippen molar-refractivity contribution in [3.05, 3.63) is 11.8 Å². The number of aliphatic hydroxyl groups excluding tert-OH is 2. The Morgan fingerprint density at radius 1 is 0.938 bits per heavy atom. The summed E-state index contributed by atoms with van der Waals surface area (Å²) >= 11 is 0. The Hall–Kier alpha value is -0.116. The fourth-order valence-corrected chi connectivity index (χ4v) is 0.563. The summed E-state index contributed by atoms with van der Waals surface area (Å²) in [5.74, 6) is 0.417. The van der Waals surface area contributed by atoms with Crippen molar-refractivity contribution >= 4 is 5.78 Å². The molecule has 94 valence electrons. The topological polar surface area (TPSA) is 61.9 Å². The first-order valence-corrected chi connectivity index (χ1v) is 4.97. The molecule has 3 N–H and O–H groups in total. The molecular formula is C12H25O3Ti+. The summed E-state index contributed by atoms with van der Waals surface area (Å²) in [5.41, 5.74) is -0.613. The van der Waals surface area contributed by atoms with Crippen LogP contribution >= 0.6 is 0 Å². The van der Waals surface area contributed by atoms with Gasteiger partial charge in [-0.05, 0) is 20.8 Å². The predicted octanol–water partition coefficient (Wildman–Crippen LogP) is 2.67. The average Bonchev–Trinajstić information content (AvgIpc) is 2.04. The molecule has 0 bridgehead atoms. The van der Waals surface area contributed by atoms with Gasteiger partial charge in [0.1, 0.15) is 5.76 Å². The van der Waals surface area contributed by atoms with E-state index in [1.165, 1.54) is 6.08 Å². The largest absolute Gasteiger partial charge is 0.511 e. The number of rotatable bonds is 1. The molecule has 0 aromatic heterocycles. The van der Waals surface area contributed by atoms with Gasteiger partial charge in [-0.3, -0.25) is 4.79 Å². The SMILES string of the molecule is CC(C)(C)C(=[OH+])/C=C(\O)C(C)(C)C.CO.[Ti]. The summed E-state index contributed by atoms with van der Waals surface area (Å²) in [6.45, 7) is 11.4. The van der Waals surface area contributed by atoms with Crippen LogP contribution in [0.4, 0.5) is 0 Å². The third kappa shape index (κ3) is 9.14. The summed E-state index contributed by atoms with van der Waals surface area (Å²) in [7, 11) is 1.00. The molecule has 0 aliphatic carbocycles. The molecule has 0 saturated carbocycles. The zero-order valence-corrected chi connectivity index (χ0v) is 13.0. The van der Waals surface area contributed by atoms with Crippen molar-refractivity contribution in [2.75, 3.05) is 7.11 Å². The van der Waals surface area contributed by atoms with Gasteiger partial charge in [-0.25, -0.2) is 0 Å². The molecule has 0 heterocycles. The van der Waals surface area contributed by atoms with Gasteiger partial charge in [0, 0.05) is 34.2 Å². The van der Waals surface area contributed by atoms with Gasteiger partial charge in [-0.1, -0.05) is 20.8 Å². The molecule has 0 radical (unpaired) electrons. The van der Waals surface area contributed by atoms with Gasteiger partial charge in [0.25, 0.3) is 0 Å². The van der Waals surface area contributed by atoms with Crippen LogP contribution in [0.3, 0.4) is 0 Å². The zero-order valence-electron chi connectivity index (χ0n) is 11.4. The fraction of sp³-hybridized carbons (Fsp3) is 0.750. The van der Waals surface area contributed by atoms with Crippen LogP contribution in [-0.2, 0) is 21.7 Å². The van der Waals surface area contributed by atoms with Crippen molar-refractivity contribution in [3.8, 4) is 0 Å². The van der Waals surface area contributed by atoms with Crippen LogP contribution in [0.15, 0.2) is 11.8 Å². The molecule has 0 atom stereocenters. The molecular weight excluding hydrogens is 240 g/mol. The fourth-order valence-electron chi connectivity index (χ4n) is 0.563. The number of hydrogen-bond donors (Lipinski definition) is 2. The van der Waals surface area contributed by atoms with Gasteiger partial charge in [0.05, 0.1) is 11.5 Å². The van der Waals surface area contributed by atoms with E-state index in [1.54, 1.807) is 0 Å². The monoisotopic (exact) mass is 265 g/mol. The Bertz CT molecular complexity index is 232. The van der Waals surface area contributed by atoms with Gasteiger partial charge >= 0.3 is 5.78 Å². The first-order chi connectivity index (χ1) is 6.55. The second kappa shape index (κ2) is 8.05. The van der Waals surface area contributed by atoms with E-state index in [9.17, 15) is 9.90 Å². The van der Waals surface area contributed by atoms with Crippen molar-refractivity contribution < 1.29 is 36.7 Å². The Labute approximate surface area is 114 Å². The van der Waals surface area contributed by atoms with Gasteiger partial charge in [-0.2, -0.15) is 0 Å². The molecule has 0 amide bonds. The van der Waals surface area contributed by atoms with Gasteiger partial charge in [0.15, 0.2) is 0 Å². The molecule has 0 rings (SSSR count). The molecule has 0 fully saturated rings. The number of hydrogen-bond acceptors (Lipinski definition) is 2. The molecule has 0 aliphatic rings. The maximum absolute atomic E-state index is 9.60. The second-order valence-electron chi connectivity index (χ2n) is 5.41. The zero-order chi connectivity index (χ0) is 12.9. The normalized spacial score (nSPS) is 12.1. The Kier molecular flexibility index (Phi) is 10.7. The maximum Gasteiger partial charge on any atom is 0.325 e. The van der Waals surface area contributed by atoms with Crippen LogP contribution in [0.2, 0.25) is 0 Å². The molecule has 3 nitrogen and oxygen atoms in total. The maximum atomic E-state index is 9.60. The first-order valence-electron chi connectivity index (χ1n) is 4.97. The van der Waals surface area contributed by atoms with Crippen LogP contribution in [0.25, 0.3) is 0 Å². The molecule has 0 unspecified atom stereocenters. The van der Waals surface area contributed by atoms with Crippen LogP contribution < -0.4 is 0 Å². The van der Waals surface area contributed by atoms with Gasteiger partial charge in [0.2, 0.25) is 0 Å². The summed E-state index contributed by atoms with van der Waals surface area (Å²) in [6, 6.07) is 0. The molecule has 0 aliphatic heterocycles. The number of aliphatic hydroxyl groups is 2. The minimum atomic E-state index is -0.306. The van der Waals surface area contributed by atoms with E-state index in [0.29, 0.717) is 0 Å². The molecule has 16 heavy (non-hydrogen) atoms. The summed E-state index contributed by atoms with van der Waals surface area (Å²) in [4.78, 5) is 9.60. The van der Waals surface area contributed by atoms with E-state index in [4.69, 9.17) is 5.11 Å². The Morgan fingerprint density at radius 3 is 1.44 bits per heavy atom. The van der Waals surface area contributed by atoms with Crippen LogP contribution in [0.1, 0.15) is 41.5 Å². The second-order valence-corrected chi connectivity index (χ2v) is 5.41. The number of allylic oxidation sites excluding steroid dienone is 2. The molecule has 0 saturated heterocycles. The van der Waals surface area contributed by atoms with Crippen molar-refractivity contribution in [1.82, 2.24) is 0 Å². The van der Waals surface area contributed by atoms with E-state index >= 15 is 0 Å². The summed E-state index contributed by atoms with van der Waals surface area (Å²) < 4.78 is 0. The van der Waals surface area contributed by atoms with Crippen LogP contribution in [0, 0.1) is 10.8 Å². The average molecular weight is 265 g/mol. The number of ketones is 1. The minimum Gasteiger partial charge on any atom is -0.511 e. The van der Waals surface area contributed by atoms with E-state index in [2.05, 4.69) is 0 Å². The number of carbonyl (C=O) groups excluding carboxylic acids is 1. The van der Waals surface area contributed by atoms with E-state index < -0.39 is 0 Å². The molecule has 0 spiro atoms. The summed E-state index contributed by atoms with van der Waals surface area (Å²) in [6.07, 6.45) is 1.44. The molecule has 0 aromatic carbocycles. The standard InChI is InChI=1S/C11H20O2.CH4O.Ti/c1-10(2,3)8(12)7-9(13)11(4,5)6;1-2;/h7,12H,1-6H3;2H,1H3;/p+1/b8-7-;;. The third-order valence-electron chi connectivity index (χ3n) is 1.81. The Balaban J connectivity index is -0.000000529. The van der Waals surface area contributed by atoms with Gasteiger partial charge < -0.3 is 10.2 Å². The first kappa shape index (κ1) is 21.2. The van der Waals surface area contributed by atoms with Crippen molar-refractivity contribution in [3.63, 3.8) is 0 Å². The predicted molar refractivity (Wildman–Crippen MR) is 64.7 cm³/mol. The van der Waals surface area contributed by atoms with E-state index in [1.807, 2.05) is 41.5 Å². The quantitative estimate of drug-likeness (QED) is 0.331. The van der Waals surface area contributed by atoms with E-state index in [0.717, 1.165) is 7.11 Å². The van der Waals surface area contributed by atoms with E-state index in [-0.39, 0.29) is 44.1 Å². The van der Waals surface area contributed by atoms with Crippen molar-refractivity contribution in [2.24, 2.45) is 10.8 Å². The molecule has 4 heteroatoms. The van der Waals surface area contributed by atoms with Crippen LogP contribution in [0.5, 0.6) is 0 Å².